The van der Waals surface area contributed by atoms with Gasteiger partial charge in [0.25, 0.3) is 0 Å². The molecule has 0 aliphatic carbocycles. The maximum atomic E-state index is 12.6. The molecule has 0 spiro atoms. The molecule has 0 unspecified atom stereocenters. The van der Waals surface area contributed by atoms with Gasteiger partial charge in [-0.05, 0) is 42.1 Å². The first kappa shape index (κ1) is 17.9. The molecule has 4 rings (SSSR count). The Balaban J connectivity index is 1.43. The van der Waals surface area contributed by atoms with Crippen LogP contribution in [0.3, 0.4) is 0 Å². The molecule has 1 aliphatic rings. The zero-order chi connectivity index (χ0) is 19.0. The van der Waals surface area contributed by atoms with Crippen LogP contribution in [0.1, 0.15) is 39.5 Å². The van der Waals surface area contributed by atoms with Crippen LogP contribution < -0.4 is 5.32 Å². The molecule has 1 aliphatic heterocycles. The average molecular weight is 399 g/mol. The molecule has 27 heavy (non-hydrogen) atoms. The largest absolute Gasteiger partial charge is 0.325 e. The maximum Gasteiger partial charge on any atom is 0.231 e. The third-order valence-electron chi connectivity index (χ3n) is 4.66. The molecule has 1 N–H and O–H groups in total. The van der Waals surface area contributed by atoms with Crippen molar-refractivity contribution in [2.75, 3.05) is 11.1 Å². The van der Waals surface area contributed by atoms with Gasteiger partial charge in [0.1, 0.15) is 5.82 Å². The molecule has 6 nitrogen and oxygen atoms in total. The first-order valence-electron chi connectivity index (χ1n) is 8.54. The van der Waals surface area contributed by atoms with E-state index in [-0.39, 0.29) is 23.4 Å². The number of hydrogen-bond acceptors (Lipinski definition) is 6. The molecular formula is C19H18N4O2S2. The second-order valence-corrected chi connectivity index (χ2v) is 8.41. The molecule has 1 aromatic carbocycles. The van der Waals surface area contributed by atoms with Crippen LogP contribution in [0, 0.1) is 0 Å². The van der Waals surface area contributed by atoms with Gasteiger partial charge in [-0.2, -0.15) is 0 Å². The van der Waals surface area contributed by atoms with Crippen molar-refractivity contribution in [2.45, 2.75) is 24.4 Å². The van der Waals surface area contributed by atoms with Crippen LogP contribution in [0.2, 0.25) is 0 Å². The minimum Gasteiger partial charge on any atom is -0.325 e. The number of carbonyl (C=O) groups is 2. The molecule has 0 bridgehead atoms. The first-order chi connectivity index (χ1) is 13.0. The molecule has 0 fully saturated rings. The summed E-state index contributed by atoms with van der Waals surface area (Å²) in [5, 5.41) is 14.1. The number of anilines is 1. The number of hydrogen-bond donors (Lipinski definition) is 1. The standard InChI is InChI=1S/C19H18N4O2S2/c1-11-14-8-12(5-6-15(14)20-18(11)25)16(24)10-27-19-22-21-17(23(19)2)9-13-4-3-7-26-13/h3-8,11H,9-10H2,1-2H3,(H,20,25)/t11-/m0/s1. The Morgan fingerprint density at radius 2 is 2.19 bits per heavy atom. The predicted molar refractivity (Wildman–Crippen MR) is 107 cm³/mol. The van der Waals surface area contributed by atoms with Crippen molar-refractivity contribution in [3.8, 4) is 0 Å². The van der Waals surface area contributed by atoms with Crippen molar-refractivity contribution in [3.05, 3.63) is 57.5 Å². The van der Waals surface area contributed by atoms with Crippen molar-refractivity contribution in [1.29, 1.82) is 0 Å². The van der Waals surface area contributed by atoms with Gasteiger partial charge in [-0.15, -0.1) is 21.5 Å². The predicted octanol–water partition coefficient (Wildman–Crippen LogP) is 3.50. The number of amides is 1. The first-order valence-corrected chi connectivity index (χ1v) is 10.4. The Morgan fingerprint density at radius 3 is 2.96 bits per heavy atom. The number of ketones is 1. The van der Waals surface area contributed by atoms with Gasteiger partial charge in [0.15, 0.2) is 10.9 Å². The van der Waals surface area contributed by atoms with Crippen molar-refractivity contribution in [3.63, 3.8) is 0 Å². The SMILES string of the molecule is C[C@@H]1C(=O)Nc2ccc(C(=O)CSc3nnc(Cc4cccs4)n3C)cc21. The Bertz CT molecular complexity index is 1010. The molecule has 0 saturated heterocycles. The van der Waals surface area contributed by atoms with Crippen LogP contribution in [-0.4, -0.2) is 32.2 Å². The van der Waals surface area contributed by atoms with Crippen molar-refractivity contribution in [2.24, 2.45) is 7.05 Å². The van der Waals surface area contributed by atoms with Crippen LogP contribution in [0.4, 0.5) is 5.69 Å². The van der Waals surface area contributed by atoms with E-state index in [0.29, 0.717) is 5.56 Å². The Morgan fingerprint density at radius 1 is 1.33 bits per heavy atom. The summed E-state index contributed by atoms with van der Waals surface area (Å²) >= 11 is 3.07. The van der Waals surface area contributed by atoms with Crippen molar-refractivity contribution in [1.82, 2.24) is 14.8 Å². The lowest BCUT2D eigenvalue weighted by molar-refractivity contribution is -0.116. The third-order valence-corrected chi connectivity index (χ3v) is 6.56. The monoisotopic (exact) mass is 398 g/mol. The number of thioether (sulfide) groups is 1. The lowest BCUT2D eigenvalue weighted by Crippen LogP contribution is -2.08. The van der Waals surface area contributed by atoms with Gasteiger partial charge in [0.2, 0.25) is 5.91 Å². The fourth-order valence-corrected chi connectivity index (χ4v) is 4.52. The highest BCUT2D eigenvalue weighted by Crippen LogP contribution is 2.33. The molecule has 138 valence electrons. The van der Waals surface area contributed by atoms with Gasteiger partial charge < -0.3 is 9.88 Å². The van der Waals surface area contributed by atoms with E-state index >= 15 is 0 Å². The van der Waals surface area contributed by atoms with Crippen LogP contribution in [-0.2, 0) is 18.3 Å². The number of nitrogens with one attached hydrogen (secondary N) is 1. The molecule has 0 saturated carbocycles. The maximum absolute atomic E-state index is 12.6. The number of aromatic nitrogens is 3. The van der Waals surface area contributed by atoms with E-state index in [1.807, 2.05) is 36.1 Å². The summed E-state index contributed by atoms with van der Waals surface area (Å²) in [6, 6.07) is 9.48. The zero-order valence-corrected chi connectivity index (χ0v) is 16.6. The Hall–Kier alpha value is -2.45. The number of fused-ring (bicyclic) bond motifs is 1. The normalized spacial score (nSPS) is 15.6. The van der Waals surface area contributed by atoms with Crippen LogP contribution in [0.25, 0.3) is 0 Å². The topological polar surface area (TPSA) is 76.9 Å². The summed E-state index contributed by atoms with van der Waals surface area (Å²) in [6.07, 6.45) is 0.736. The summed E-state index contributed by atoms with van der Waals surface area (Å²) < 4.78 is 1.94. The lowest BCUT2D eigenvalue weighted by Gasteiger charge is -2.06. The molecule has 0 radical (unpaired) electrons. The molecule has 1 amide bonds. The van der Waals surface area contributed by atoms with Gasteiger partial charge in [0.05, 0.1) is 11.7 Å². The van der Waals surface area contributed by atoms with Gasteiger partial charge in [-0.3, -0.25) is 9.59 Å². The molecule has 1 atom stereocenters. The summed E-state index contributed by atoms with van der Waals surface area (Å²) in [7, 11) is 1.92. The number of thiophene rings is 1. The highest BCUT2D eigenvalue weighted by atomic mass is 32.2. The van der Waals surface area contributed by atoms with E-state index in [1.165, 1.54) is 16.6 Å². The van der Waals surface area contributed by atoms with Crippen molar-refractivity contribution < 1.29 is 9.59 Å². The molecule has 8 heteroatoms. The van der Waals surface area contributed by atoms with E-state index in [4.69, 9.17) is 0 Å². The quantitative estimate of drug-likeness (QED) is 0.508. The van der Waals surface area contributed by atoms with Crippen LogP contribution >= 0.6 is 23.1 Å². The number of rotatable bonds is 6. The third kappa shape index (κ3) is 3.54. The van der Waals surface area contributed by atoms with Gasteiger partial charge >= 0.3 is 0 Å². The summed E-state index contributed by atoms with van der Waals surface area (Å²) in [5.41, 5.74) is 2.29. The molecule has 2 aromatic heterocycles. The number of nitrogens with zero attached hydrogens (tertiary/aromatic N) is 3. The van der Waals surface area contributed by atoms with Gasteiger partial charge in [-0.1, -0.05) is 17.8 Å². The van der Waals surface area contributed by atoms with E-state index in [9.17, 15) is 9.59 Å². The van der Waals surface area contributed by atoms with E-state index in [2.05, 4.69) is 21.6 Å². The molecule has 3 aromatic rings. The van der Waals surface area contributed by atoms with Crippen molar-refractivity contribution >= 4 is 40.5 Å². The van der Waals surface area contributed by atoms with Gasteiger partial charge in [0, 0.05) is 29.6 Å². The smallest absolute Gasteiger partial charge is 0.231 e. The minimum atomic E-state index is -0.223. The van der Waals surface area contributed by atoms with Gasteiger partial charge in [-0.25, -0.2) is 0 Å². The second kappa shape index (κ2) is 7.28. The molecule has 3 heterocycles. The van der Waals surface area contributed by atoms with E-state index in [1.54, 1.807) is 23.5 Å². The number of benzene rings is 1. The van der Waals surface area contributed by atoms with E-state index < -0.39 is 0 Å². The number of Topliss-reactive ketones (excluding diaryl/α,β-unsaturated/α-hetero) is 1. The fourth-order valence-electron chi connectivity index (χ4n) is 3.00. The highest BCUT2D eigenvalue weighted by Gasteiger charge is 2.27. The Kier molecular flexibility index (Phi) is 4.84. The Labute approximate surface area is 165 Å². The number of carbonyl (C=O) groups excluding carboxylic acids is 2. The minimum absolute atomic E-state index is 0.0113. The van der Waals surface area contributed by atoms with E-state index in [0.717, 1.165) is 28.7 Å². The fraction of sp³-hybridized carbons (Fsp3) is 0.263. The highest BCUT2D eigenvalue weighted by molar-refractivity contribution is 7.99. The second-order valence-electron chi connectivity index (χ2n) is 6.44. The van der Waals surface area contributed by atoms with Crippen LogP contribution in [0.5, 0.6) is 0 Å². The molecular weight excluding hydrogens is 380 g/mol. The zero-order valence-electron chi connectivity index (χ0n) is 14.9. The average Bonchev–Trinajstić information content (AvgIpc) is 3.36. The summed E-state index contributed by atoms with van der Waals surface area (Å²) in [5.74, 6) is 0.917. The lowest BCUT2D eigenvalue weighted by atomic mass is 9.99. The van der Waals surface area contributed by atoms with Crippen LogP contribution in [0.15, 0.2) is 40.9 Å². The summed E-state index contributed by atoms with van der Waals surface area (Å²) in [6.45, 7) is 1.85. The summed E-state index contributed by atoms with van der Waals surface area (Å²) in [4.78, 5) is 25.6.